The van der Waals surface area contributed by atoms with Gasteiger partial charge >= 0.3 is 0 Å². The van der Waals surface area contributed by atoms with Crippen molar-refractivity contribution >= 4 is 46.0 Å². The van der Waals surface area contributed by atoms with Crippen LogP contribution in [0.2, 0.25) is 0 Å². The van der Waals surface area contributed by atoms with Crippen LogP contribution in [-0.4, -0.2) is 32.3 Å². The Morgan fingerprint density at radius 2 is 1.16 bits per heavy atom. The first-order chi connectivity index (χ1) is 24.9. The van der Waals surface area contributed by atoms with E-state index in [4.69, 9.17) is 19.9 Å². The summed E-state index contributed by atoms with van der Waals surface area (Å²) in [6.45, 7) is 11.6. The molecule has 5 heterocycles. The molecule has 8 heteroatoms. The smallest absolute Gasteiger partial charge is 0.178 e. The lowest BCUT2D eigenvalue weighted by Crippen LogP contribution is -2.50. The molecule has 4 aromatic carbocycles. The monoisotopic (exact) mass is 668 g/mol. The first-order valence-corrected chi connectivity index (χ1v) is 18.0. The van der Waals surface area contributed by atoms with Crippen molar-refractivity contribution in [2.24, 2.45) is 5.41 Å². The predicted octanol–water partition coefficient (Wildman–Crippen LogP) is 9.72. The fourth-order valence-corrected chi connectivity index (χ4v) is 9.75. The van der Waals surface area contributed by atoms with Crippen LogP contribution in [-0.2, 0) is 5.41 Å². The number of rotatable bonds is 5. The Morgan fingerprint density at radius 3 is 1.84 bits per heavy atom. The zero-order valence-corrected chi connectivity index (χ0v) is 29.5. The second-order valence-electron chi connectivity index (χ2n) is 15.0. The number of para-hydroxylation sites is 4. The summed E-state index contributed by atoms with van der Waals surface area (Å²) in [5.74, 6) is 4.01. The van der Waals surface area contributed by atoms with Crippen molar-refractivity contribution in [3.63, 3.8) is 0 Å². The zero-order valence-electron chi connectivity index (χ0n) is 29.5. The summed E-state index contributed by atoms with van der Waals surface area (Å²) in [6, 6.07) is 39.2. The van der Waals surface area contributed by atoms with Gasteiger partial charge in [-0.05, 0) is 60.4 Å². The fraction of sp³-hybridized carbons (Fsp3) is 0.256. The van der Waals surface area contributed by atoms with Crippen molar-refractivity contribution in [1.82, 2.24) is 19.9 Å². The number of fused-ring (bicyclic) bond motifs is 9. The number of hydrogen-bond donors (Lipinski definition) is 0. The van der Waals surface area contributed by atoms with Gasteiger partial charge in [-0.1, -0.05) is 100 Å². The average Bonchev–Trinajstić information content (AvgIpc) is 3.38. The molecule has 1 fully saturated rings. The predicted molar refractivity (Wildman–Crippen MR) is 204 cm³/mol. The molecule has 6 aromatic rings. The molecule has 2 aromatic heterocycles. The minimum Gasteiger partial charge on any atom is -0.302 e. The lowest BCUT2D eigenvalue weighted by molar-refractivity contribution is 0.367. The highest BCUT2D eigenvalue weighted by molar-refractivity contribution is 5.90. The lowest BCUT2D eigenvalue weighted by Gasteiger charge is -2.43. The van der Waals surface area contributed by atoms with Gasteiger partial charge in [-0.25, -0.2) is 19.9 Å². The number of aromatic nitrogens is 4. The van der Waals surface area contributed by atoms with Crippen molar-refractivity contribution in [2.75, 3.05) is 19.6 Å². The molecule has 10 rings (SSSR count). The van der Waals surface area contributed by atoms with Crippen LogP contribution in [0.25, 0.3) is 0 Å². The molecule has 4 aliphatic rings. The third-order valence-corrected chi connectivity index (χ3v) is 12.2. The molecule has 0 amide bonds. The lowest BCUT2D eigenvalue weighted by atomic mass is 9.81. The summed E-state index contributed by atoms with van der Waals surface area (Å²) in [5, 5.41) is 0. The molecule has 0 N–H and O–H groups in total. The third kappa shape index (κ3) is 3.85. The van der Waals surface area contributed by atoms with E-state index < -0.39 is 0 Å². The number of anilines is 8. The van der Waals surface area contributed by atoms with Gasteiger partial charge in [-0.2, -0.15) is 0 Å². The van der Waals surface area contributed by atoms with Crippen LogP contribution in [0.15, 0.2) is 128 Å². The number of benzene rings is 4. The van der Waals surface area contributed by atoms with Crippen LogP contribution in [0.4, 0.5) is 46.0 Å². The summed E-state index contributed by atoms with van der Waals surface area (Å²) in [5.41, 5.74) is 7.82. The highest BCUT2D eigenvalue weighted by Gasteiger charge is 2.81. The van der Waals surface area contributed by atoms with Crippen molar-refractivity contribution in [1.29, 1.82) is 0 Å². The van der Waals surface area contributed by atoms with Gasteiger partial charge in [0.15, 0.2) is 23.3 Å². The Hall–Kier alpha value is -5.76. The minimum absolute atomic E-state index is 0.0458. The molecule has 0 radical (unpaired) electrons. The molecule has 1 saturated carbocycles. The van der Waals surface area contributed by atoms with Crippen molar-refractivity contribution in [3.8, 4) is 0 Å². The van der Waals surface area contributed by atoms with Crippen molar-refractivity contribution < 1.29 is 0 Å². The van der Waals surface area contributed by atoms with E-state index in [1.54, 1.807) is 6.20 Å². The topological polar surface area (TPSA) is 64.5 Å². The van der Waals surface area contributed by atoms with E-state index in [1.165, 1.54) is 16.8 Å². The first-order valence-electron chi connectivity index (χ1n) is 18.0. The Kier molecular flexibility index (Phi) is 6.27. The summed E-state index contributed by atoms with van der Waals surface area (Å²) in [6.07, 6.45) is 5.47. The standard InChI is InChI=1S/C43H40N8/c1-27(2)33-26-46-39-40(47-33)50(30-18-10-7-11-19-30)41-43(5)36(42(43,4)32-21-13-15-23-35(32)51(39)41)31-20-12-14-22-34(31)49-28(3)48(29-16-8-6-9-17-29)37-38(49)45-25-24-44-37/h6-28,36,41H,1-5H3. The molecule has 51 heavy (non-hydrogen) atoms. The molecule has 0 spiro atoms. The van der Waals surface area contributed by atoms with E-state index in [0.29, 0.717) is 0 Å². The largest absolute Gasteiger partial charge is 0.302 e. The second-order valence-corrected chi connectivity index (χ2v) is 15.0. The average molecular weight is 669 g/mol. The summed E-state index contributed by atoms with van der Waals surface area (Å²) >= 11 is 0. The Morgan fingerprint density at radius 1 is 0.588 bits per heavy atom. The molecule has 0 saturated heterocycles. The minimum atomic E-state index is -0.235. The summed E-state index contributed by atoms with van der Waals surface area (Å²) < 4.78 is 0. The van der Waals surface area contributed by atoms with Gasteiger partial charge < -0.3 is 19.6 Å². The normalized spacial score (nSPS) is 25.3. The molecule has 1 aliphatic carbocycles. The van der Waals surface area contributed by atoms with Crippen LogP contribution in [0, 0.1) is 5.41 Å². The van der Waals surface area contributed by atoms with E-state index in [0.717, 1.165) is 46.0 Å². The van der Waals surface area contributed by atoms with Crippen LogP contribution in [0.5, 0.6) is 0 Å². The maximum atomic E-state index is 5.36. The van der Waals surface area contributed by atoms with E-state index >= 15 is 0 Å². The summed E-state index contributed by atoms with van der Waals surface area (Å²) in [7, 11) is 0. The summed E-state index contributed by atoms with van der Waals surface area (Å²) in [4.78, 5) is 30.0. The first kappa shape index (κ1) is 30.1. The van der Waals surface area contributed by atoms with Crippen molar-refractivity contribution in [2.45, 2.75) is 64.2 Å². The molecular formula is C43H40N8. The van der Waals surface area contributed by atoms with Gasteiger partial charge in [0.05, 0.1) is 11.9 Å². The molecule has 5 unspecified atom stereocenters. The van der Waals surface area contributed by atoms with Crippen LogP contribution in [0.3, 0.4) is 0 Å². The fourth-order valence-electron chi connectivity index (χ4n) is 9.75. The molecule has 252 valence electrons. The molecule has 5 atom stereocenters. The van der Waals surface area contributed by atoms with Gasteiger partial charge in [0.2, 0.25) is 0 Å². The van der Waals surface area contributed by atoms with Gasteiger partial charge in [-0.3, -0.25) is 0 Å². The van der Waals surface area contributed by atoms with Crippen LogP contribution >= 0.6 is 0 Å². The zero-order chi connectivity index (χ0) is 34.6. The van der Waals surface area contributed by atoms with Gasteiger partial charge in [0, 0.05) is 51.9 Å². The van der Waals surface area contributed by atoms with Gasteiger partial charge in [0.1, 0.15) is 12.3 Å². The van der Waals surface area contributed by atoms with Crippen LogP contribution < -0.4 is 19.6 Å². The van der Waals surface area contributed by atoms with Gasteiger partial charge in [0.25, 0.3) is 0 Å². The van der Waals surface area contributed by atoms with E-state index in [1.807, 2.05) is 12.4 Å². The third-order valence-electron chi connectivity index (χ3n) is 12.2. The Bertz CT molecular complexity index is 2310. The molecular weight excluding hydrogens is 629 g/mol. The number of nitrogens with zero attached hydrogens (tertiary/aromatic N) is 8. The van der Waals surface area contributed by atoms with Gasteiger partial charge in [-0.15, -0.1) is 0 Å². The number of hydrogen-bond acceptors (Lipinski definition) is 8. The quantitative estimate of drug-likeness (QED) is 0.180. The Balaban J connectivity index is 1.18. The van der Waals surface area contributed by atoms with E-state index in [2.05, 4.69) is 163 Å². The SMILES string of the molecule is CC(C)c1cnc2c(n1)N(c1ccccc1)C1N2c2ccccc2C2(C)C(c3ccccc3N3c4nccnc4N(c4ccccc4)C3C)C12C. The van der Waals surface area contributed by atoms with Crippen molar-refractivity contribution in [3.05, 3.63) is 145 Å². The highest BCUT2D eigenvalue weighted by Crippen LogP contribution is 2.82. The Labute approximate surface area is 299 Å². The second kappa shape index (κ2) is 10.6. The highest BCUT2D eigenvalue weighted by atomic mass is 15.5. The van der Waals surface area contributed by atoms with E-state index in [9.17, 15) is 0 Å². The van der Waals surface area contributed by atoms with Crippen LogP contribution in [0.1, 0.15) is 63.3 Å². The molecule has 0 bridgehead atoms. The molecule has 3 aliphatic heterocycles. The maximum Gasteiger partial charge on any atom is 0.178 e. The maximum absolute atomic E-state index is 5.36. The molecule has 8 nitrogen and oxygen atoms in total. The van der Waals surface area contributed by atoms with E-state index in [-0.39, 0.29) is 35.0 Å².